The van der Waals surface area contributed by atoms with Crippen molar-refractivity contribution in [2.24, 2.45) is 5.73 Å². The van der Waals surface area contributed by atoms with Crippen LogP contribution in [0.1, 0.15) is 15.9 Å². The lowest BCUT2D eigenvalue weighted by molar-refractivity contribution is 0.100. The number of anilines is 1. The van der Waals surface area contributed by atoms with Crippen LogP contribution in [0.2, 0.25) is 5.02 Å². The van der Waals surface area contributed by atoms with Gasteiger partial charge in [0.25, 0.3) is 0 Å². The number of para-hydroxylation sites is 1. The van der Waals surface area contributed by atoms with Crippen molar-refractivity contribution in [3.05, 3.63) is 62.8 Å². The summed E-state index contributed by atoms with van der Waals surface area (Å²) in [6, 6.07) is 9.48. The van der Waals surface area contributed by atoms with Crippen molar-refractivity contribution in [2.75, 3.05) is 5.32 Å². The zero-order valence-corrected chi connectivity index (χ0v) is 12.6. The first-order valence-corrected chi connectivity index (χ1v) is 6.92. The number of nitrogens with two attached hydrogens (primary N) is 1. The molecule has 3 N–H and O–H groups in total. The second-order valence-corrected chi connectivity index (χ2v) is 5.38. The summed E-state index contributed by atoms with van der Waals surface area (Å²) >= 11 is 9.34. The molecule has 0 unspecified atom stereocenters. The molecule has 0 bridgehead atoms. The number of halogens is 3. The third-order valence-electron chi connectivity index (χ3n) is 2.76. The van der Waals surface area contributed by atoms with Gasteiger partial charge in [0, 0.05) is 21.6 Å². The number of hydrogen-bond acceptors (Lipinski definition) is 2. The van der Waals surface area contributed by atoms with Crippen LogP contribution >= 0.6 is 27.5 Å². The fourth-order valence-corrected chi connectivity index (χ4v) is 2.42. The summed E-state index contributed by atoms with van der Waals surface area (Å²) in [4.78, 5) is 11.0. The Morgan fingerprint density at radius 3 is 2.70 bits per heavy atom. The smallest absolute Gasteiger partial charge is 0.248 e. The van der Waals surface area contributed by atoms with Crippen molar-refractivity contribution < 1.29 is 9.18 Å². The minimum absolute atomic E-state index is 0.331. The van der Waals surface area contributed by atoms with Crippen molar-refractivity contribution in [1.82, 2.24) is 0 Å². The van der Waals surface area contributed by atoms with Crippen molar-refractivity contribution in [3.63, 3.8) is 0 Å². The molecule has 0 atom stereocenters. The molecule has 20 heavy (non-hydrogen) atoms. The summed E-state index contributed by atoms with van der Waals surface area (Å²) in [6.45, 7) is 0.331. The predicted molar refractivity (Wildman–Crippen MR) is 81.4 cm³/mol. The van der Waals surface area contributed by atoms with Gasteiger partial charge >= 0.3 is 0 Å². The molecule has 0 fully saturated rings. The van der Waals surface area contributed by atoms with Crippen molar-refractivity contribution in [3.8, 4) is 0 Å². The van der Waals surface area contributed by atoms with E-state index in [1.54, 1.807) is 24.3 Å². The van der Waals surface area contributed by atoms with Gasteiger partial charge in [-0.05, 0) is 45.8 Å². The Hall–Kier alpha value is -1.59. The van der Waals surface area contributed by atoms with Crippen LogP contribution in [0.3, 0.4) is 0 Å². The second kappa shape index (κ2) is 6.24. The van der Waals surface area contributed by atoms with E-state index in [-0.39, 0.29) is 5.82 Å². The maximum absolute atomic E-state index is 13.6. The number of benzene rings is 2. The minimum Gasteiger partial charge on any atom is -0.378 e. The summed E-state index contributed by atoms with van der Waals surface area (Å²) in [7, 11) is 0. The van der Waals surface area contributed by atoms with Gasteiger partial charge in [0.15, 0.2) is 0 Å². The van der Waals surface area contributed by atoms with E-state index in [1.165, 1.54) is 12.1 Å². The summed E-state index contributed by atoms with van der Waals surface area (Å²) < 4.78 is 14.3. The van der Waals surface area contributed by atoms with Crippen LogP contribution in [-0.2, 0) is 6.54 Å². The highest BCUT2D eigenvalue weighted by Crippen LogP contribution is 2.26. The molecule has 2 rings (SSSR count). The van der Waals surface area contributed by atoms with E-state index in [4.69, 9.17) is 17.3 Å². The Bertz CT molecular complexity index is 643. The van der Waals surface area contributed by atoms with Gasteiger partial charge in [-0.1, -0.05) is 23.7 Å². The number of carbonyl (C=O) groups is 1. The molecule has 3 nitrogen and oxygen atoms in total. The van der Waals surface area contributed by atoms with Gasteiger partial charge in [-0.25, -0.2) is 4.39 Å². The molecule has 0 aliphatic heterocycles. The first-order valence-electron chi connectivity index (χ1n) is 5.75. The highest BCUT2D eigenvalue weighted by molar-refractivity contribution is 9.10. The average Bonchev–Trinajstić information content (AvgIpc) is 2.39. The fraction of sp³-hybridized carbons (Fsp3) is 0.0714. The predicted octanol–water partition coefficient (Wildman–Crippen LogP) is 3.95. The number of carbonyl (C=O) groups excluding carboxylic acids is 1. The van der Waals surface area contributed by atoms with E-state index in [1.807, 2.05) is 0 Å². The molecule has 0 saturated heterocycles. The van der Waals surface area contributed by atoms with E-state index in [0.29, 0.717) is 27.3 Å². The molecule has 0 aromatic heterocycles. The molecule has 2 aromatic rings. The minimum atomic E-state index is -0.539. The lowest BCUT2D eigenvalue weighted by Gasteiger charge is -2.11. The van der Waals surface area contributed by atoms with E-state index in [9.17, 15) is 9.18 Å². The number of rotatable bonds is 4. The standard InChI is InChI=1S/C14H11BrClFN2O/c15-10-2-1-3-12(17)13(10)19-7-9-5-4-8(14(18)20)6-11(9)16/h1-6,19H,7H2,(H2,18,20). The van der Waals surface area contributed by atoms with Gasteiger partial charge < -0.3 is 11.1 Å². The Morgan fingerprint density at radius 1 is 1.35 bits per heavy atom. The number of nitrogens with one attached hydrogen (secondary N) is 1. The van der Waals surface area contributed by atoms with Crippen molar-refractivity contribution >= 4 is 39.1 Å². The topological polar surface area (TPSA) is 55.1 Å². The van der Waals surface area contributed by atoms with Gasteiger partial charge in [0.1, 0.15) is 5.82 Å². The van der Waals surface area contributed by atoms with E-state index in [2.05, 4.69) is 21.2 Å². The summed E-state index contributed by atoms with van der Waals surface area (Å²) in [5.41, 5.74) is 6.61. The Morgan fingerprint density at radius 2 is 2.10 bits per heavy atom. The van der Waals surface area contributed by atoms with Crippen LogP contribution in [0.25, 0.3) is 0 Å². The first kappa shape index (κ1) is 14.8. The molecule has 6 heteroatoms. The molecular formula is C14H11BrClFN2O. The molecule has 0 aliphatic carbocycles. The highest BCUT2D eigenvalue weighted by atomic mass is 79.9. The van der Waals surface area contributed by atoms with Gasteiger partial charge in [-0.15, -0.1) is 0 Å². The lowest BCUT2D eigenvalue weighted by Crippen LogP contribution is -2.11. The monoisotopic (exact) mass is 356 g/mol. The lowest BCUT2D eigenvalue weighted by atomic mass is 10.1. The van der Waals surface area contributed by atoms with Crippen LogP contribution < -0.4 is 11.1 Å². The van der Waals surface area contributed by atoms with Gasteiger partial charge in [0.05, 0.1) is 5.69 Å². The van der Waals surface area contributed by atoms with Crippen LogP contribution in [0.4, 0.5) is 10.1 Å². The van der Waals surface area contributed by atoms with E-state index in [0.717, 1.165) is 5.56 Å². The Balaban J connectivity index is 2.17. The average molecular weight is 358 g/mol. The van der Waals surface area contributed by atoms with Gasteiger partial charge in [-0.3, -0.25) is 4.79 Å². The molecule has 0 spiro atoms. The fourth-order valence-electron chi connectivity index (χ4n) is 1.69. The summed E-state index contributed by atoms with van der Waals surface area (Å²) in [5.74, 6) is -0.896. The Labute approximate surface area is 129 Å². The molecule has 1 amide bonds. The van der Waals surface area contributed by atoms with Gasteiger partial charge in [-0.2, -0.15) is 0 Å². The van der Waals surface area contributed by atoms with E-state index >= 15 is 0 Å². The number of amides is 1. The molecule has 0 heterocycles. The molecule has 0 radical (unpaired) electrons. The third-order valence-corrected chi connectivity index (χ3v) is 3.77. The van der Waals surface area contributed by atoms with Crippen LogP contribution in [0.5, 0.6) is 0 Å². The van der Waals surface area contributed by atoms with Crippen molar-refractivity contribution in [1.29, 1.82) is 0 Å². The number of hydrogen-bond donors (Lipinski definition) is 2. The quantitative estimate of drug-likeness (QED) is 0.870. The molecule has 104 valence electrons. The molecule has 0 aliphatic rings. The molecular weight excluding hydrogens is 347 g/mol. The van der Waals surface area contributed by atoms with Crippen LogP contribution in [0, 0.1) is 5.82 Å². The largest absolute Gasteiger partial charge is 0.378 e. The zero-order chi connectivity index (χ0) is 14.7. The second-order valence-electron chi connectivity index (χ2n) is 4.12. The zero-order valence-electron chi connectivity index (χ0n) is 10.3. The summed E-state index contributed by atoms with van der Waals surface area (Å²) in [6.07, 6.45) is 0. The third kappa shape index (κ3) is 3.29. The van der Waals surface area contributed by atoms with Crippen LogP contribution in [-0.4, -0.2) is 5.91 Å². The molecule has 0 saturated carbocycles. The number of primary amides is 1. The molecule has 2 aromatic carbocycles. The maximum atomic E-state index is 13.6. The van der Waals surface area contributed by atoms with Crippen LogP contribution in [0.15, 0.2) is 40.9 Å². The normalized spacial score (nSPS) is 10.3. The SMILES string of the molecule is NC(=O)c1ccc(CNc2c(F)cccc2Br)c(Cl)c1. The summed E-state index contributed by atoms with van der Waals surface area (Å²) in [5, 5.41) is 3.37. The van der Waals surface area contributed by atoms with Gasteiger partial charge in [0.2, 0.25) is 5.91 Å². The maximum Gasteiger partial charge on any atom is 0.248 e. The Kier molecular flexibility index (Phi) is 4.62. The van der Waals surface area contributed by atoms with E-state index < -0.39 is 5.91 Å². The highest BCUT2D eigenvalue weighted by Gasteiger charge is 2.09. The van der Waals surface area contributed by atoms with Crippen molar-refractivity contribution in [2.45, 2.75) is 6.54 Å². The first-order chi connectivity index (χ1) is 9.49.